The number of rotatable bonds is 8. The van der Waals surface area contributed by atoms with Gasteiger partial charge in [0.1, 0.15) is 5.82 Å². The molecular weight excluding hydrogens is 461 g/mol. The molecule has 0 amide bonds. The number of nitrogens with one attached hydrogen (secondary N) is 1. The summed E-state index contributed by atoms with van der Waals surface area (Å²) in [5.41, 5.74) is 11.3. The first-order chi connectivity index (χ1) is 17.1. The highest BCUT2D eigenvalue weighted by Gasteiger charge is 2.18. The zero-order chi connectivity index (χ0) is 24.2. The monoisotopic (exact) mass is 485 g/mol. The first kappa shape index (κ1) is 23.0. The standard InChI is InChI=1S/C27H24FN5OS/c28-23-14-30-11-10-21(23)26-32-24-22(19-8-6-18(15-34)7-9-19)16-35-25(24)27(33-26)31-13-20(29)12-17-4-2-1-3-5-17/h1-11,14,16,20,34H,12-13,15,29H2,(H,31,32,33)/t20-/m0/s1. The summed E-state index contributed by atoms with van der Waals surface area (Å²) >= 11 is 1.53. The largest absolute Gasteiger partial charge is 0.392 e. The summed E-state index contributed by atoms with van der Waals surface area (Å²) in [6.45, 7) is 0.479. The van der Waals surface area contributed by atoms with Crippen molar-refractivity contribution < 1.29 is 9.50 Å². The highest BCUT2D eigenvalue weighted by molar-refractivity contribution is 7.18. The van der Waals surface area contributed by atoms with E-state index in [1.807, 2.05) is 47.8 Å². The molecule has 4 N–H and O–H groups in total. The summed E-state index contributed by atoms with van der Waals surface area (Å²) in [6, 6.07) is 19.2. The molecule has 0 saturated heterocycles. The molecule has 35 heavy (non-hydrogen) atoms. The molecule has 0 fully saturated rings. The Bertz CT molecular complexity index is 1440. The van der Waals surface area contributed by atoms with Crippen LogP contribution in [0.5, 0.6) is 0 Å². The maximum atomic E-state index is 14.6. The van der Waals surface area contributed by atoms with Gasteiger partial charge >= 0.3 is 0 Å². The molecule has 176 valence electrons. The van der Waals surface area contributed by atoms with Crippen LogP contribution in [0.25, 0.3) is 32.7 Å². The number of hydrogen-bond donors (Lipinski definition) is 3. The normalized spacial score (nSPS) is 12.1. The van der Waals surface area contributed by atoms with Crippen molar-refractivity contribution in [1.29, 1.82) is 0 Å². The number of aliphatic hydroxyl groups excluding tert-OH is 1. The van der Waals surface area contributed by atoms with Gasteiger partial charge in [-0.3, -0.25) is 4.98 Å². The number of anilines is 1. The summed E-state index contributed by atoms with van der Waals surface area (Å²) in [5.74, 6) is 0.416. The van der Waals surface area contributed by atoms with E-state index in [9.17, 15) is 9.50 Å². The van der Waals surface area contributed by atoms with Crippen molar-refractivity contribution in [2.75, 3.05) is 11.9 Å². The fourth-order valence-electron chi connectivity index (χ4n) is 3.93. The topological polar surface area (TPSA) is 97.0 Å². The molecule has 0 bridgehead atoms. The van der Waals surface area contributed by atoms with Crippen LogP contribution in [-0.2, 0) is 13.0 Å². The summed E-state index contributed by atoms with van der Waals surface area (Å²) in [4.78, 5) is 13.3. The second-order valence-corrected chi connectivity index (χ2v) is 9.14. The fourth-order valence-corrected chi connectivity index (χ4v) is 4.91. The average molecular weight is 486 g/mol. The zero-order valence-corrected chi connectivity index (χ0v) is 19.7. The van der Waals surface area contributed by atoms with E-state index in [4.69, 9.17) is 10.7 Å². The van der Waals surface area contributed by atoms with Crippen LogP contribution in [0.3, 0.4) is 0 Å². The molecule has 3 heterocycles. The second kappa shape index (κ2) is 10.3. The van der Waals surface area contributed by atoms with Crippen LogP contribution in [0.15, 0.2) is 78.4 Å². The molecule has 5 aromatic rings. The molecule has 3 aromatic heterocycles. The van der Waals surface area contributed by atoms with Crippen molar-refractivity contribution in [1.82, 2.24) is 15.0 Å². The number of nitrogens with two attached hydrogens (primary N) is 1. The molecule has 0 saturated carbocycles. The van der Waals surface area contributed by atoms with E-state index < -0.39 is 5.82 Å². The molecule has 2 aromatic carbocycles. The van der Waals surface area contributed by atoms with Crippen LogP contribution >= 0.6 is 11.3 Å². The van der Waals surface area contributed by atoms with Crippen molar-refractivity contribution in [3.8, 4) is 22.5 Å². The smallest absolute Gasteiger partial charge is 0.165 e. The van der Waals surface area contributed by atoms with Crippen LogP contribution in [0.2, 0.25) is 0 Å². The van der Waals surface area contributed by atoms with Gasteiger partial charge in [-0.1, -0.05) is 54.6 Å². The number of fused-ring (bicyclic) bond motifs is 1. The SMILES string of the molecule is N[C@H](CNc1nc(-c2ccncc2F)nc2c(-c3ccc(CO)cc3)csc12)Cc1ccccc1. The van der Waals surface area contributed by atoms with Gasteiger partial charge in [-0.15, -0.1) is 11.3 Å². The number of aliphatic hydroxyl groups is 1. The molecule has 0 spiro atoms. The van der Waals surface area contributed by atoms with E-state index in [0.29, 0.717) is 12.4 Å². The fraction of sp³-hybridized carbons (Fsp3) is 0.148. The molecule has 8 heteroatoms. The second-order valence-electron chi connectivity index (χ2n) is 8.26. The predicted molar refractivity (Wildman–Crippen MR) is 139 cm³/mol. The Morgan fingerprint density at radius 2 is 1.77 bits per heavy atom. The van der Waals surface area contributed by atoms with Crippen LogP contribution in [0, 0.1) is 5.82 Å². The molecule has 0 aliphatic heterocycles. The van der Waals surface area contributed by atoms with Crippen LogP contribution < -0.4 is 11.1 Å². The minimum Gasteiger partial charge on any atom is -0.392 e. The Hall–Kier alpha value is -3.72. The van der Waals surface area contributed by atoms with Gasteiger partial charge in [0.2, 0.25) is 0 Å². The molecular formula is C27H24FN5OS. The minimum atomic E-state index is -0.484. The van der Waals surface area contributed by atoms with E-state index >= 15 is 0 Å². The van der Waals surface area contributed by atoms with E-state index in [1.165, 1.54) is 23.1 Å². The van der Waals surface area contributed by atoms with Crippen LogP contribution in [0.4, 0.5) is 10.2 Å². The Kier molecular flexibility index (Phi) is 6.76. The lowest BCUT2D eigenvalue weighted by molar-refractivity contribution is 0.282. The summed E-state index contributed by atoms with van der Waals surface area (Å²) < 4.78 is 15.5. The number of pyridine rings is 1. The minimum absolute atomic E-state index is 0.0182. The number of benzene rings is 2. The lowest BCUT2D eigenvalue weighted by atomic mass is 10.1. The summed E-state index contributed by atoms with van der Waals surface area (Å²) in [7, 11) is 0. The molecule has 0 radical (unpaired) electrons. The van der Waals surface area contributed by atoms with E-state index in [2.05, 4.69) is 27.4 Å². The third-order valence-corrected chi connectivity index (χ3v) is 6.72. The number of thiophene rings is 1. The molecule has 0 unspecified atom stereocenters. The number of aromatic nitrogens is 3. The Morgan fingerprint density at radius 1 is 0.971 bits per heavy atom. The van der Waals surface area contributed by atoms with Crippen molar-refractivity contribution in [2.24, 2.45) is 5.73 Å². The Morgan fingerprint density at radius 3 is 2.51 bits per heavy atom. The third-order valence-electron chi connectivity index (χ3n) is 5.75. The highest BCUT2D eigenvalue weighted by atomic mass is 32.1. The molecule has 0 aliphatic rings. The van der Waals surface area contributed by atoms with Gasteiger partial charge in [0.15, 0.2) is 11.6 Å². The molecule has 1 atom stereocenters. The highest BCUT2D eigenvalue weighted by Crippen LogP contribution is 2.38. The van der Waals surface area contributed by atoms with Gasteiger partial charge in [0, 0.05) is 29.7 Å². The number of hydrogen-bond acceptors (Lipinski definition) is 7. The first-order valence-electron chi connectivity index (χ1n) is 11.2. The number of halogens is 1. The van der Waals surface area contributed by atoms with E-state index in [1.54, 1.807) is 6.07 Å². The lowest BCUT2D eigenvalue weighted by Gasteiger charge is -2.15. The number of nitrogens with zero attached hydrogens (tertiary/aromatic N) is 3. The summed E-state index contributed by atoms with van der Waals surface area (Å²) in [5, 5.41) is 14.8. The van der Waals surface area contributed by atoms with Gasteiger partial charge in [-0.2, -0.15) is 0 Å². The van der Waals surface area contributed by atoms with Crippen molar-refractivity contribution >= 4 is 27.4 Å². The van der Waals surface area contributed by atoms with Gasteiger partial charge in [0.05, 0.1) is 28.6 Å². The van der Waals surface area contributed by atoms with Crippen molar-refractivity contribution in [2.45, 2.75) is 19.1 Å². The average Bonchev–Trinajstić information content (AvgIpc) is 3.32. The quantitative estimate of drug-likeness (QED) is 0.285. The van der Waals surface area contributed by atoms with Crippen molar-refractivity contribution in [3.63, 3.8) is 0 Å². The Balaban J connectivity index is 1.52. The van der Waals surface area contributed by atoms with Crippen LogP contribution in [0.1, 0.15) is 11.1 Å². The maximum Gasteiger partial charge on any atom is 0.165 e. The molecule has 0 aliphatic carbocycles. The van der Waals surface area contributed by atoms with E-state index in [-0.39, 0.29) is 24.0 Å². The third kappa shape index (κ3) is 5.05. The lowest BCUT2D eigenvalue weighted by Crippen LogP contribution is -2.31. The van der Waals surface area contributed by atoms with Crippen LogP contribution in [-0.4, -0.2) is 32.6 Å². The van der Waals surface area contributed by atoms with E-state index in [0.717, 1.165) is 39.5 Å². The maximum absolute atomic E-state index is 14.6. The van der Waals surface area contributed by atoms with Crippen molar-refractivity contribution in [3.05, 3.63) is 95.4 Å². The van der Waals surface area contributed by atoms with Gasteiger partial charge < -0.3 is 16.2 Å². The predicted octanol–water partition coefficient (Wildman–Crippen LogP) is 5.03. The summed E-state index contributed by atoms with van der Waals surface area (Å²) in [6.07, 6.45) is 3.41. The zero-order valence-electron chi connectivity index (χ0n) is 18.9. The molecule has 5 rings (SSSR count). The Labute approximate surface area is 206 Å². The van der Waals surface area contributed by atoms with Gasteiger partial charge in [0.25, 0.3) is 0 Å². The molecule has 6 nitrogen and oxygen atoms in total. The van der Waals surface area contributed by atoms with Gasteiger partial charge in [-0.05, 0) is 29.2 Å². The van der Waals surface area contributed by atoms with Gasteiger partial charge in [-0.25, -0.2) is 14.4 Å². The first-order valence-corrected chi connectivity index (χ1v) is 12.1.